The number of amides is 1. The number of nitro groups is 1. The van der Waals surface area contributed by atoms with Crippen LogP contribution in [0.4, 0.5) is 5.69 Å². The molecule has 0 unspecified atom stereocenters. The molecule has 0 aliphatic rings. The van der Waals surface area contributed by atoms with Crippen molar-refractivity contribution in [2.24, 2.45) is 5.10 Å². The molecule has 0 aliphatic heterocycles. The lowest BCUT2D eigenvalue weighted by Gasteiger charge is -2.03. The number of aryl methyl sites for hydroxylation is 1. The van der Waals surface area contributed by atoms with Crippen LogP contribution in [0.15, 0.2) is 41.8 Å². The molecule has 1 heterocycles. The Kier molecular flexibility index (Phi) is 4.42. The Balaban J connectivity index is 2.17. The molecule has 1 aromatic heterocycles. The number of hydrogen-bond acceptors (Lipinski definition) is 6. The lowest BCUT2D eigenvalue weighted by molar-refractivity contribution is -0.385. The quantitative estimate of drug-likeness (QED) is 0.507. The Hall–Kier alpha value is -3.29. The number of nitrogens with zero attached hydrogens (tertiary/aromatic N) is 3. The summed E-state index contributed by atoms with van der Waals surface area (Å²) in [6.45, 7) is 1.65. The van der Waals surface area contributed by atoms with Crippen LogP contribution in [0.5, 0.6) is 5.75 Å². The maximum Gasteiger partial charge on any atom is 0.311 e. The summed E-state index contributed by atoms with van der Waals surface area (Å²) in [5.74, 6) is -0.960. The fourth-order valence-electron chi connectivity index (χ4n) is 1.75. The van der Waals surface area contributed by atoms with Gasteiger partial charge in [-0.3, -0.25) is 19.9 Å². The highest BCUT2D eigenvalue weighted by atomic mass is 16.6. The van der Waals surface area contributed by atoms with Crippen LogP contribution < -0.4 is 5.43 Å². The van der Waals surface area contributed by atoms with Crippen LogP contribution in [0.2, 0.25) is 0 Å². The van der Waals surface area contributed by atoms with Gasteiger partial charge in [0.1, 0.15) is 0 Å². The minimum atomic E-state index is -0.685. The van der Waals surface area contributed by atoms with Gasteiger partial charge in [0.2, 0.25) is 5.75 Å². The fourth-order valence-corrected chi connectivity index (χ4v) is 1.75. The summed E-state index contributed by atoms with van der Waals surface area (Å²) in [6, 6.07) is 5.80. The van der Waals surface area contributed by atoms with E-state index in [0.29, 0.717) is 11.1 Å². The SMILES string of the molecule is Cc1cc(/C=N/NC(=O)c2ccncc2)c(O)c([N+](=O)[O-])c1. The Morgan fingerprint density at radius 2 is 2.09 bits per heavy atom. The molecule has 8 heteroatoms. The van der Waals surface area contributed by atoms with Gasteiger partial charge in [-0.2, -0.15) is 5.10 Å². The van der Waals surface area contributed by atoms with Crippen LogP contribution in [0.3, 0.4) is 0 Å². The Morgan fingerprint density at radius 1 is 1.41 bits per heavy atom. The first-order valence-corrected chi connectivity index (χ1v) is 6.20. The van der Waals surface area contributed by atoms with Gasteiger partial charge in [-0.25, -0.2) is 5.43 Å². The standard InChI is InChI=1S/C14H12N4O4/c1-9-6-11(13(19)12(7-9)18(21)22)8-16-17-14(20)10-2-4-15-5-3-10/h2-8,19H,1H3,(H,17,20)/b16-8+. The number of phenols is 1. The van der Waals surface area contributed by atoms with E-state index in [2.05, 4.69) is 15.5 Å². The second-order valence-corrected chi connectivity index (χ2v) is 4.41. The van der Waals surface area contributed by atoms with E-state index in [-0.39, 0.29) is 5.56 Å². The number of pyridine rings is 1. The van der Waals surface area contributed by atoms with E-state index in [0.717, 1.165) is 6.21 Å². The molecule has 112 valence electrons. The van der Waals surface area contributed by atoms with Gasteiger partial charge in [-0.15, -0.1) is 0 Å². The smallest absolute Gasteiger partial charge is 0.311 e. The number of hydrazone groups is 1. The summed E-state index contributed by atoms with van der Waals surface area (Å²) in [6.07, 6.45) is 4.08. The van der Waals surface area contributed by atoms with Crippen molar-refractivity contribution < 1.29 is 14.8 Å². The van der Waals surface area contributed by atoms with Crippen molar-refractivity contribution >= 4 is 17.8 Å². The molecule has 2 N–H and O–H groups in total. The van der Waals surface area contributed by atoms with E-state index in [4.69, 9.17) is 0 Å². The number of carbonyl (C=O) groups excluding carboxylic acids is 1. The van der Waals surface area contributed by atoms with Crippen molar-refractivity contribution in [2.45, 2.75) is 6.92 Å². The number of carbonyl (C=O) groups is 1. The summed E-state index contributed by atoms with van der Waals surface area (Å²) in [5, 5.41) is 24.3. The third kappa shape index (κ3) is 3.42. The molecule has 0 radical (unpaired) electrons. The summed E-state index contributed by atoms with van der Waals surface area (Å²) in [5.41, 5.74) is 2.95. The van der Waals surface area contributed by atoms with Crippen molar-refractivity contribution in [3.63, 3.8) is 0 Å². The molecule has 0 saturated carbocycles. The zero-order valence-corrected chi connectivity index (χ0v) is 11.6. The normalized spacial score (nSPS) is 10.6. The lowest BCUT2D eigenvalue weighted by Crippen LogP contribution is -2.17. The highest BCUT2D eigenvalue weighted by Gasteiger charge is 2.17. The third-order valence-electron chi connectivity index (χ3n) is 2.77. The predicted octanol–water partition coefficient (Wildman–Crippen LogP) is 1.77. The van der Waals surface area contributed by atoms with Gasteiger partial charge in [0.05, 0.1) is 11.1 Å². The number of aromatic hydroxyl groups is 1. The average Bonchev–Trinajstić information content (AvgIpc) is 2.50. The van der Waals surface area contributed by atoms with Crippen LogP contribution in [0.25, 0.3) is 0 Å². The Morgan fingerprint density at radius 3 is 2.73 bits per heavy atom. The molecule has 0 bridgehead atoms. The van der Waals surface area contributed by atoms with E-state index in [1.165, 1.54) is 36.7 Å². The van der Waals surface area contributed by atoms with Gasteiger partial charge in [0.25, 0.3) is 5.91 Å². The Labute approximate surface area is 125 Å². The minimum absolute atomic E-state index is 0.140. The highest BCUT2D eigenvalue weighted by molar-refractivity contribution is 5.95. The lowest BCUT2D eigenvalue weighted by atomic mass is 10.1. The van der Waals surface area contributed by atoms with Gasteiger partial charge >= 0.3 is 5.69 Å². The van der Waals surface area contributed by atoms with Crippen LogP contribution in [-0.2, 0) is 0 Å². The van der Waals surface area contributed by atoms with Crippen molar-refractivity contribution in [1.29, 1.82) is 0 Å². The number of nitrogens with one attached hydrogen (secondary N) is 1. The van der Waals surface area contributed by atoms with Crippen molar-refractivity contribution in [2.75, 3.05) is 0 Å². The molecule has 0 aliphatic carbocycles. The molecule has 1 aromatic carbocycles. The minimum Gasteiger partial charge on any atom is -0.502 e. The first kappa shape index (κ1) is 15.1. The molecule has 2 aromatic rings. The first-order chi connectivity index (χ1) is 10.5. The predicted molar refractivity (Wildman–Crippen MR) is 78.8 cm³/mol. The molecule has 22 heavy (non-hydrogen) atoms. The number of rotatable bonds is 4. The maximum absolute atomic E-state index is 11.7. The van der Waals surface area contributed by atoms with Crippen molar-refractivity contribution in [1.82, 2.24) is 10.4 Å². The second kappa shape index (κ2) is 6.44. The zero-order chi connectivity index (χ0) is 16.1. The van der Waals surface area contributed by atoms with Crippen LogP contribution in [0.1, 0.15) is 21.5 Å². The number of benzene rings is 1. The highest BCUT2D eigenvalue weighted by Crippen LogP contribution is 2.29. The van der Waals surface area contributed by atoms with E-state index >= 15 is 0 Å². The van der Waals surface area contributed by atoms with Gasteiger partial charge in [0, 0.05) is 29.6 Å². The number of aromatic nitrogens is 1. The van der Waals surface area contributed by atoms with Gasteiger partial charge in [0.15, 0.2) is 0 Å². The number of phenolic OH excluding ortho intramolecular Hbond substituents is 1. The van der Waals surface area contributed by atoms with Crippen LogP contribution >= 0.6 is 0 Å². The molecule has 1 amide bonds. The van der Waals surface area contributed by atoms with E-state index in [1.54, 1.807) is 6.92 Å². The summed E-state index contributed by atoms with van der Waals surface area (Å²) >= 11 is 0. The van der Waals surface area contributed by atoms with Gasteiger partial charge < -0.3 is 5.11 Å². The molecular formula is C14H12N4O4. The number of nitro benzene ring substituents is 1. The van der Waals surface area contributed by atoms with Crippen LogP contribution in [0, 0.1) is 17.0 Å². The van der Waals surface area contributed by atoms with Crippen molar-refractivity contribution in [3.8, 4) is 5.75 Å². The summed E-state index contributed by atoms with van der Waals surface area (Å²) < 4.78 is 0. The fraction of sp³-hybridized carbons (Fsp3) is 0.0714. The van der Waals surface area contributed by atoms with Crippen LogP contribution in [-0.4, -0.2) is 27.1 Å². The molecule has 0 spiro atoms. The molecule has 8 nitrogen and oxygen atoms in total. The van der Waals surface area contributed by atoms with E-state index < -0.39 is 22.3 Å². The monoisotopic (exact) mass is 300 g/mol. The number of hydrogen-bond donors (Lipinski definition) is 2. The van der Waals surface area contributed by atoms with Gasteiger partial charge in [-0.05, 0) is 30.7 Å². The van der Waals surface area contributed by atoms with Crippen molar-refractivity contribution in [3.05, 3.63) is 63.5 Å². The maximum atomic E-state index is 11.7. The largest absolute Gasteiger partial charge is 0.502 e. The topological polar surface area (TPSA) is 118 Å². The molecule has 0 fully saturated rings. The molecule has 2 rings (SSSR count). The summed E-state index contributed by atoms with van der Waals surface area (Å²) in [4.78, 5) is 25.7. The third-order valence-corrected chi connectivity index (χ3v) is 2.77. The van der Waals surface area contributed by atoms with E-state index in [1.807, 2.05) is 0 Å². The first-order valence-electron chi connectivity index (χ1n) is 6.20. The van der Waals surface area contributed by atoms with E-state index in [9.17, 15) is 20.0 Å². The van der Waals surface area contributed by atoms with Gasteiger partial charge in [-0.1, -0.05) is 0 Å². The average molecular weight is 300 g/mol. The second-order valence-electron chi connectivity index (χ2n) is 4.41. The molecular weight excluding hydrogens is 288 g/mol. The molecule has 0 saturated heterocycles. The Bertz CT molecular complexity index is 744. The summed E-state index contributed by atoms with van der Waals surface area (Å²) in [7, 11) is 0. The molecule has 0 atom stereocenters. The zero-order valence-electron chi connectivity index (χ0n) is 11.6.